The standard InChI is InChI=1S/C15H24N2O4/c1-11-12(15(20)21)6-5-9-17(11)14(19)10-16-8-4-2-3-7-13(16)18/h11-12H,2-10H2,1H3,(H,20,21)/t11-,12-/m1/s1. The van der Waals surface area contributed by atoms with Crippen LogP contribution in [-0.2, 0) is 14.4 Å². The SMILES string of the molecule is C[C@@H]1[C@H](C(=O)O)CCCN1C(=O)CN1CCCCCC1=O. The summed E-state index contributed by atoms with van der Waals surface area (Å²) in [5, 5.41) is 9.21. The Morgan fingerprint density at radius 3 is 2.67 bits per heavy atom. The van der Waals surface area contributed by atoms with E-state index < -0.39 is 11.9 Å². The van der Waals surface area contributed by atoms with Gasteiger partial charge < -0.3 is 14.9 Å². The van der Waals surface area contributed by atoms with Gasteiger partial charge in [0.05, 0.1) is 12.5 Å². The van der Waals surface area contributed by atoms with Crippen LogP contribution in [0.4, 0.5) is 0 Å². The number of carboxylic acids is 1. The Morgan fingerprint density at radius 1 is 1.19 bits per heavy atom. The van der Waals surface area contributed by atoms with Crippen LogP contribution in [0, 0.1) is 5.92 Å². The van der Waals surface area contributed by atoms with Gasteiger partial charge in [-0.1, -0.05) is 6.42 Å². The Hall–Kier alpha value is -1.59. The second kappa shape index (κ2) is 6.91. The van der Waals surface area contributed by atoms with Crippen molar-refractivity contribution in [3.63, 3.8) is 0 Å². The fourth-order valence-electron chi connectivity index (χ4n) is 3.29. The minimum Gasteiger partial charge on any atom is -0.481 e. The van der Waals surface area contributed by atoms with Crippen molar-refractivity contribution < 1.29 is 19.5 Å². The molecule has 0 aliphatic carbocycles. The smallest absolute Gasteiger partial charge is 0.308 e. The second-order valence-corrected chi connectivity index (χ2v) is 6.04. The van der Waals surface area contributed by atoms with Gasteiger partial charge in [-0.3, -0.25) is 14.4 Å². The van der Waals surface area contributed by atoms with E-state index in [9.17, 15) is 19.5 Å². The van der Waals surface area contributed by atoms with Crippen molar-refractivity contribution in [1.29, 1.82) is 0 Å². The van der Waals surface area contributed by atoms with Crippen LogP contribution in [0.5, 0.6) is 0 Å². The van der Waals surface area contributed by atoms with E-state index in [0.717, 1.165) is 19.3 Å². The number of hydrogen-bond donors (Lipinski definition) is 1. The lowest BCUT2D eigenvalue weighted by Crippen LogP contribution is -2.52. The van der Waals surface area contributed by atoms with E-state index in [1.54, 1.807) is 16.7 Å². The number of carbonyl (C=O) groups excluding carboxylic acids is 2. The highest BCUT2D eigenvalue weighted by atomic mass is 16.4. The zero-order valence-corrected chi connectivity index (χ0v) is 12.6. The van der Waals surface area contributed by atoms with Crippen molar-refractivity contribution in [3.05, 3.63) is 0 Å². The van der Waals surface area contributed by atoms with Crippen LogP contribution in [0.25, 0.3) is 0 Å². The predicted molar refractivity (Wildman–Crippen MR) is 76.6 cm³/mol. The summed E-state index contributed by atoms with van der Waals surface area (Å²) in [5.41, 5.74) is 0. The van der Waals surface area contributed by atoms with E-state index >= 15 is 0 Å². The quantitative estimate of drug-likeness (QED) is 0.846. The van der Waals surface area contributed by atoms with E-state index in [1.807, 2.05) is 0 Å². The summed E-state index contributed by atoms with van der Waals surface area (Å²) in [7, 11) is 0. The number of likely N-dealkylation sites (tertiary alicyclic amines) is 2. The molecule has 2 heterocycles. The maximum absolute atomic E-state index is 12.4. The monoisotopic (exact) mass is 296 g/mol. The van der Waals surface area contributed by atoms with Crippen LogP contribution in [0.15, 0.2) is 0 Å². The molecule has 0 aromatic heterocycles. The molecule has 0 unspecified atom stereocenters. The Kier molecular flexibility index (Phi) is 5.20. The number of rotatable bonds is 3. The summed E-state index contributed by atoms with van der Waals surface area (Å²) in [6.45, 7) is 3.11. The third-order valence-electron chi connectivity index (χ3n) is 4.62. The van der Waals surface area contributed by atoms with Crippen molar-refractivity contribution >= 4 is 17.8 Å². The number of aliphatic carboxylic acids is 1. The van der Waals surface area contributed by atoms with Crippen molar-refractivity contribution in [3.8, 4) is 0 Å². The van der Waals surface area contributed by atoms with Crippen LogP contribution < -0.4 is 0 Å². The third kappa shape index (κ3) is 3.74. The van der Waals surface area contributed by atoms with Crippen LogP contribution in [0.1, 0.15) is 45.4 Å². The molecular weight excluding hydrogens is 272 g/mol. The third-order valence-corrected chi connectivity index (χ3v) is 4.62. The minimum absolute atomic E-state index is 0.0419. The number of amides is 2. The summed E-state index contributed by atoms with van der Waals surface area (Å²) in [6.07, 6.45) is 4.69. The van der Waals surface area contributed by atoms with Gasteiger partial charge in [0.15, 0.2) is 0 Å². The second-order valence-electron chi connectivity index (χ2n) is 6.04. The summed E-state index contributed by atoms with van der Waals surface area (Å²) < 4.78 is 0. The van der Waals surface area contributed by atoms with E-state index in [0.29, 0.717) is 32.4 Å². The van der Waals surface area contributed by atoms with Gasteiger partial charge in [0.1, 0.15) is 0 Å². The first kappa shape index (κ1) is 15.8. The molecule has 2 fully saturated rings. The maximum atomic E-state index is 12.4. The van der Waals surface area contributed by atoms with Gasteiger partial charge in [0, 0.05) is 25.6 Å². The topological polar surface area (TPSA) is 77.9 Å². The number of carboxylic acid groups (broad SMARTS) is 1. The number of nitrogens with zero attached hydrogens (tertiary/aromatic N) is 2. The average molecular weight is 296 g/mol. The van der Waals surface area contributed by atoms with E-state index in [2.05, 4.69) is 0 Å². The molecule has 1 N–H and O–H groups in total. The van der Waals surface area contributed by atoms with Crippen LogP contribution in [0.2, 0.25) is 0 Å². The first-order chi connectivity index (χ1) is 10.0. The molecule has 2 aliphatic rings. The highest BCUT2D eigenvalue weighted by Gasteiger charge is 2.36. The molecule has 2 amide bonds. The van der Waals surface area contributed by atoms with Crippen LogP contribution in [0.3, 0.4) is 0 Å². The van der Waals surface area contributed by atoms with Gasteiger partial charge >= 0.3 is 5.97 Å². The van der Waals surface area contributed by atoms with Crippen LogP contribution >= 0.6 is 0 Å². The summed E-state index contributed by atoms with van der Waals surface area (Å²) in [6, 6.07) is -0.300. The van der Waals surface area contributed by atoms with Gasteiger partial charge in [0.25, 0.3) is 0 Å². The first-order valence-corrected chi connectivity index (χ1v) is 7.80. The van der Waals surface area contributed by atoms with Crippen molar-refractivity contribution in [2.75, 3.05) is 19.6 Å². The van der Waals surface area contributed by atoms with Gasteiger partial charge in [-0.15, -0.1) is 0 Å². The van der Waals surface area contributed by atoms with Gasteiger partial charge in [-0.2, -0.15) is 0 Å². The van der Waals surface area contributed by atoms with Gasteiger partial charge in [0.2, 0.25) is 11.8 Å². The lowest BCUT2D eigenvalue weighted by atomic mass is 9.90. The molecule has 21 heavy (non-hydrogen) atoms. The predicted octanol–water partition coefficient (Wildman–Crippen LogP) is 1.10. The maximum Gasteiger partial charge on any atom is 0.308 e. The molecule has 2 atom stereocenters. The van der Waals surface area contributed by atoms with Gasteiger partial charge in [-0.05, 0) is 32.6 Å². The van der Waals surface area contributed by atoms with Crippen molar-refractivity contribution in [2.24, 2.45) is 5.92 Å². The largest absolute Gasteiger partial charge is 0.481 e. The molecule has 0 radical (unpaired) electrons. The molecule has 0 aromatic carbocycles. The molecule has 6 heteroatoms. The molecule has 6 nitrogen and oxygen atoms in total. The normalized spacial score (nSPS) is 27.4. The van der Waals surface area contributed by atoms with Crippen molar-refractivity contribution in [2.45, 2.75) is 51.5 Å². The molecule has 0 saturated carbocycles. The Labute approximate surface area is 125 Å². The molecule has 0 spiro atoms. The lowest BCUT2D eigenvalue weighted by Gasteiger charge is -2.38. The lowest BCUT2D eigenvalue weighted by molar-refractivity contribution is -0.151. The Bertz CT molecular complexity index is 424. The highest BCUT2D eigenvalue weighted by molar-refractivity contribution is 5.85. The minimum atomic E-state index is -0.842. The summed E-state index contributed by atoms with van der Waals surface area (Å²) >= 11 is 0. The summed E-state index contributed by atoms with van der Waals surface area (Å²) in [5.74, 6) is -1.42. The molecule has 118 valence electrons. The molecular formula is C15H24N2O4. The average Bonchev–Trinajstić information content (AvgIpc) is 2.64. The number of carbonyl (C=O) groups is 3. The molecule has 0 aromatic rings. The van der Waals surface area contributed by atoms with E-state index in [4.69, 9.17) is 0 Å². The van der Waals surface area contributed by atoms with Gasteiger partial charge in [-0.25, -0.2) is 0 Å². The molecule has 2 rings (SSSR count). The summed E-state index contributed by atoms with van der Waals surface area (Å²) in [4.78, 5) is 38.9. The zero-order valence-electron chi connectivity index (χ0n) is 12.6. The fourth-order valence-corrected chi connectivity index (χ4v) is 3.29. The van der Waals surface area contributed by atoms with E-state index in [-0.39, 0.29) is 24.4 Å². The zero-order chi connectivity index (χ0) is 15.4. The number of hydrogen-bond acceptors (Lipinski definition) is 3. The first-order valence-electron chi connectivity index (χ1n) is 7.80. The fraction of sp³-hybridized carbons (Fsp3) is 0.800. The molecule has 2 saturated heterocycles. The highest BCUT2D eigenvalue weighted by Crippen LogP contribution is 2.24. The molecule has 2 aliphatic heterocycles. The van der Waals surface area contributed by atoms with Crippen molar-refractivity contribution in [1.82, 2.24) is 9.80 Å². The van der Waals surface area contributed by atoms with E-state index in [1.165, 1.54) is 0 Å². The molecule has 0 bridgehead atoms. The Morgan fingerprint density at radius 2 is 1.95 bits per heavy atom. The Balaban J connectivity index is 1.98. The number of piperidine rings is 1. The van der Waals surface area contributed by atoms with Crippen LogP contribution in [-0.4, -0.2) is 58.4 Å².